The van der Waals surface area contributed by atoms with Crippen molar-refractivity contribution in [1.29, 1.82) is 0 Å². The van der Waals surface area contributed by atoms with Crippen LogP contribution >= 0.6 is 11.6 Å². The van der Waals surface area contributed by atoms with Gasteiger partial charge in [-0.15, -0.1) is 0 Å². The maximum absolute atomic E-state index is 12.7. The molecule has 4 rings (SSSR count). The molecule has 0 unspecified atom stereocenters. The second kappa shape index (κ2) is 7.35. The number of carbonyl (C=O) groups excluding carboxylic acids is 1. The van der Waals surface area contributed by atoms with Crippen molar-refractivity contribution < 1.29 is 9.21 Å². The van der Waals surface area contributed by atoms with Gasteiger partial charge >= 0.3 is 0 Å². The number of piperazine rings is 1. The summed E-state index contributed by atoms with van der Waals surface area (Å²) in [6.07, 6.45) is 1.59. The number of rotatable bonds is 4. The molecule has 0 atom stereocenters. The molecule has 1 aliphatic heterocycles. The summed E-state index contributed by atoms with van der Waals surface area (Å²) in [5, 5.41) is 7.75. The summed E-state index contributed by atoms with van der Waals surface area (Å²) in [7, 11) is 0. The quantitative estimate of drug-likeness (QED) is 0.765. The van der Waals surface area contributed by atoms with Crippen molar-refractivity contribution in [1.82, 2.24) is 20.0 Å². The first-order chi connectivity index (χ1) is 12.7. The molecule has 1 N–H and O–H groups in total. The molecule has 26 heavy (non-hydrogen) atoms. The first-order valence-corrected chi connectivity index (χ1v) is 8.92. The number of aromatic nitrogens is 2. The van der Waals surface area contributed by atoms with E-state index in [0.717, 1.165) is 24.7 Å². The topological polar surface area (TPSA) is 65.4 Å². The van der Waals surface area contributed by atoms with E-state index in [1.807, 2.05) is 35.2 Å². The predicted molar refractivity (Wildman–Crippen MR) is 98.9 cm³/mol. The van der Waals surface area contributed by atoms with Crippen LogP contribution in [0.15, 0.2) is 53.1 Å². The third kappa shape index (κ3) is 3.66. The zero-order valence-corrected chi connectivity index (χ0v) is 14.9. The molecule has 3 aromatic rings. The van der Waals surface area contributed by atoms with Crippen LogP contribution in [0, 0.1) is 0 Å². The molecule has 0 saturated carbocycles. The molecule has 1 saturated heterocycles. The summed E-state index contributed by atoms with van der Waals surface area (Å²) in [4.78, 5) is 16.9. The van der Waals surface area contributed by atoms with Gasteiger partial charge < -0.3 is 9.32 Å². The van der Waals surface area contributed by atoms with E-state index in [-0.39, 0.29) is 5.91 Å². The lowest BCUT2D eigenvalue weighted by atomic mass is 10.2. The Labute approximate surface area is 156 Å². The van der Waals surface area contributed by atoms with Gasteiger partial charge in [0.15, 0.2) is 11.5 Å². The summed E-state index contributed by atoms with van der Waals surface area (Å²) in [5.41, 5.74) is 2.35. The number of nitrogens with zero attached hydrogens (tertiary/aromatic N) is 3. The van der Waals surface area contributed by atoms with E-state index in [4.69, 9.17) is 16.0 Å². The molecule has 1 amide bonds. The highest BCUT2D eigenvalue weighted by Crippen LogP contribution is 2.19. The summed E-state index contributed by atoms with van der Waals surface area (Å²) >= 11 is 5.93. The van der Waals surface area contributed by atoms with Crippen LogP contribution in [0.2, 0.25) is 5.02 Å². The molecule has 1 fully saturated rings. The first-order valence-electron chi connectivity index (χ1n) is 8.54. The Bertz CT molecular complexity index is 865. The first kappa shape index (κ1) is 16.9. The average molecular weight is 371 g/mol. The van der Waals surface area contributed by atoms with Gasteiger partial charge in [0.2, 0.25) is 0 Å². The highest BCUT2D eigenvalue weighted by Gasteiger charge is 2.24. The molecule has 134 valence electrons. The molecule has 0 spiro atoms. The zero-order chi connectivity index (χ0) is 17.9. The molecule has 0 aliphatic carbocycles. The van der Waals surface area contributed by atoms with Crippen molar-refractivity contribution in [2.75, 3.05) is 26.2 Å². The second-order valence-corrected chi connectivity index (χ2v) is 6.78. The Hall–Kier alpha value is -2.57. The largest absolute Gasteiger partial charge is 0.463 e. The summed E-state index contributed by atoms with van der Waals surface area (Å²) < 4.78 is 5.33. The van der Waals surface area contributed by atoms with Crippen LogP contribution in [0.5, 0.6) is 0 Å². The number of H-pyrrole nitrogens is 1. The third-order valence-corrected chi connectivity index (χ3v) is 4.81. The van der Waals surface area contributed by atoms with Crippen molar-refractivity contribution in [3.05, 3.63) is 65.0 Å². The van der Waals surface area contributed by atoms with E-state index in [1.54, 1.807) is 18.4 Å². The fourth-order valence-corrected chi connectivity index (χ4v) is 3.23. The Morgan fingerprint density at radius 2 is 1.92 bits per heavy atom. The summed E-state index contributed by atoms with van der Waals surface area (Å²) in [6.45, 7) is 3.92. The standard InChI is InChI=1S/C19H19ClN4O2/c20-15-5-3-14(4-6-15)13-23-7-9-24(10-8-23)19(25)17-12-16(21-22-17)18-2-1-11-26-18/h1-6,11-12H,7-10,13H2,(H,21,22). The number of hydrogen-bond acceptors (Lipinski definition) is 4. The monoisotopic (exact) mass is 370 g/mol. The number of aromatic amines is 1. The van der Waals surface area contributed by atoms with E-state index >= 15 is 0 Å². The van der Waals surface area contributed by atoms with Crippen molar-refractivity contribution in [2.45, 2.75) is 6.54 Å². The van der Waals surface area contributed by atoms with Gasteiger partial charge in [0.25, 0.3) is 5.91 Å². The minimum atomic E-state index is -0.0507. The second-order valence-electron chi connectivity index (χ2n) is 6.34. The maximum atomic E-state index is 12.7. The van der Waals surface area contributed by atoms with Crippen LogP contribution in [0.4, 0.5) is 0 Å². The SMILES string of the molecule is O=C(c1cc(-c2ccco2)[nH]n1)N1CCN(Cc2ccc(Cl)cc2)CC1. The number of hydrogen-bond donors (Lipinski definition) is 1. The van der Waals surface area contributed by atoms with Gasteiger partial charge in [-0.1, -0.05) is 23.7 Å². The van der Waals surface area contributed by atoms with Crippen LogP contribution in [-0.2, 0) is 6.54 Å². The fourth-order valence-electron chi connectivity index (χ4n) is 3.11. The Morgan fingerprint density at radius 3 is 2.62 bits per heavy atom. The Balaban J connectivity index is 1.34. The number of nitrogens with one attached hydrogen (secondary N) is 1. The van der Waals surface area contributed by atoms with Gasteiger partial charge in [-0.2, -0.15) is 5.10 Å². The van der Waals surface area contributed by atoms with E-state index in [2.05, 4.69) is 15.1 Å². The zero-order valence-electron chi connectivity index (χ0n) is 14.2. The van der Waals surface area contributed by atoms with Crippen LogP contribution in [0.1, 0.15) is 16.1 Å². The van der Waals surface area contributed by atoms with Crippen molar-refractivity contribution in [3.63, 3.8) is 0 Å². The summed E-state index contributed by atoms with van der Waals surface area (Å²) in [5.74, 6) is 0.620. The molecule has 1 aliphatic rings. The van der Waals surface area contributed by atoms with Crippen molar-refractivity contribution in [2.24, 2.45) is 0 Å². The molecule has 2 aromatic heterocycles. The van der Waals surface area contributed by atoms with Gasteiger partial charge in [-0.05, 0) is 29.8 Å². The van der Waals surface area contributed by atoms with Crippen LogP contribution in [0.25, 0.3) is 11.5 Å². The average Bonchev–Trinajstić information content (AvgIpc) is 3.35. The number of benzene rings is 1. The summed E-state index contributed by atoms with van der Waals surface area (Å²) in [6, 6.07) is 13.3. The van der Waals surface area contributed by atoms with Gasteiger partial charge in [-0.25, -0.2) is 0 Å². The van der Waals surface area contributed by atoms with Crippen molar-refractivity contribution >= 4 is 17.5 Å². The van der Waals surface area contributed by atoms with Crippen LogP contribution in [0.3, 0.4) is 0 Å². The smallest absolute Gasteiger partial charge is 0.274 e. The molecular formula is C19H19ClN4O2. The Morgan fingerprint density at radius 1 is 1.15 bits per heavy atom. The van der Waals surface area contributed by atoms with E-state index in [9.17, 15) is 4.79 Å². The number of furan rings is 1. The van der Waals surface area contributed by atoms with Gasteiger partial charge in [0.1, 0.15) is 5.69 Å². The molecule has 7 heteroatoms. The third-order valence-electron chi connectivity index (χ3n) is 4.56. The highest BCUT2D eigenvalue weighted by molar-refractivity contribution is 6.30. The van der Waals surface area contributed by atoms with Crippen LogP contribution in [-0.4, -0.2) is 52.1 Å². The minimum Gasteiger partial charge on any atom is -0.463 e. The molecule has 0 bridgehead atoms. The number of amides is 1. The normalized spacial score (nSPS) is 15.3. The Kier molecular flexibility index (Phi) is 4.77. The van der Waals surface area contributed by atoms with E-state index in [0.29, 0.717) is 30.2 Å². The highest BCUT2D eigenvalue weighted by atomic mass is 35.5. The predicted octanol–water partition coefficient (Wildman–Crippen LogP) is 3.28. The minimum absolute atomic E-state index is 0.0507. The number of halogens is 1. The maximum Gasteiger partial charge on any atom is 0.274 e. The van der Waals surface area contributed by atoms with Gasteiger partial charge in [-0.3, -0.25) is 14.8 Å². The molecule has 1 aromatic carbocycles. The molecular weight excluding hydrogens is 352 g/mol. The molecule has 0 radical (unpaired) electrons. The number of carbonyl (C=O) groups is 1. The molecule has 6 nitrogen and oxygen atoms in total. The molecule has 3 heterocycles. The lowest BCUT2D eigenvalue weighted by Crippen LogP contribution is -2.48. The fraction of sp³-hybridized carbons (Fsp3) is 0.263. The van der Waals surface area contributed by atoms with Gasteiger partial charge in [0, 0.05) is 43.8 Å². The van der Waals surface area contributed by atoms with Crippen molar-refractivity contribution in [3.8, 4) is 11.5 Å². The van der Waals surface area contributed by atoms with Crippen LogP contribution < -0.4 is 0 Å². The van der Waals surface area contributed by atoms with E-state index in [1.165, 1.54) is 5.56 Å². The van der Waals surface area contributed by atoms with Gasteiger partial charge in [0.05, 0.1) is 6.26 Å². The lowest BCUT2D eigenvalue weighted by molar-refractivity contribution is 0.0622. The van der Waals surface area contributed by atoms with E-state index < -0.39 is 0 Å². The lowest BCUT2D eigenvalue weighted by Gasteiger charge is -2.34.